The van der Waals surface area contributed by atoms with E-state index in [-0.39, 0.29) is 0 Å². The first-order valence-corrected chi connectivity index (χ1v) is 10.9. The maximum Gasteiger partial charge on any atom is 0.128 e. The predicted molar refractivity (Wildman–Crippen MR) is 137 cm³/mol. The van der Waals surface area contributed by atoms with Gasteiger partial charge in [0.15, 0.2) is 0 Å². The molecule has 0 atom stereocenters. The van der Waals surface area contributed by atoms with Gasteiger partial charge < -0.3 is 10.1 Å². The van der Waals surface area contributed by atoms with E-state index in [1.165, 1.54) is 0 Å². The molecule has 5 aromatic rings. The van der Waals surface area contributed by atoms with Crippen molar-refractivity contribution in [1.29, 1.82) is 0 Å². The zero-order valence-corrected chi connectivity index (χ0v) is 18.4. The van der Waals surface area contributed by atoms with Gasteiger partial charge in [-0.25, -0.2) is 4.98 Å². The normalized spacial score (nSPS) is 10.6. The molecule has 0 radical (unpaired) electrons. The van der Waals surface area contributed by atoms with Crippen molar-refractivity contribution in [3.05, 3.63) is 121 Å². The van der Waals surface area contributed by atoms with Gasteiger partial charge in [-0.1, -0.05) is 72.8 Å². The summed E-state index contributed by atoms with van der Waals surface area (Å²) < 4.78 is 5.61. The fourth-order valence-electron chi connectivity index (χ4n) is 3.88. The van der Waals surface area contributed by atoms with Crippen LogP contribution in [0.2, 0.25) is 0 Å². The Morgan fingerprint density at radius 3 is 1.88 bits per heavy atom. The summed E-state index contributed by atoms with van der Waals surface area (Å²) in [5.74, 6) is 0.809. The molecule has 0 aliphatic heterocycles. The highest BCUT2D eigenvalue weighted by molar-refractivity contribution is 5.79. The lowest BCUT2D eigenvalue weighted by Crippen LogP contribution is -1.94. The summed E-state index contributed by atoms with van der Waals surface area (Å²) in [6.45, 7) is 0. The maximum atomic E-state index is 5.61. The average molecular weight is 429 g/mol. The van der Waals surface area contributed by atoms with Gasteiger partial charge in [-0.05, 0) is 59.7 Å². The number of methoxy groups -OCH3 is 1. The number of pyridine rings is 1. The molecular formula is C30H24N2O. The lowest BCUT2D eigenvalue weighted by molar-refractivity contribution is 0.416. The first-order valence-electron chi connectivity index (χ1n) is 10.9. The van der Waals surface area contributed by atoms with Crippen LogP contribution in [0.15, 0.2) is 121 Å². The highest BCUT2D eigenvalue weighted by Crippen LogP contribution is 2.34. The second kappa shape index (κ2) is 9.41. The van der Waals surface area contributed by atoms with Crippen molar-refractivity contribution in [1.82, 2.24) is 4.98 Å². The molecule has 1 N–H and O–H groups in total. The zero-order chi connectivity index (χ0) is 22.5. The van der Waals surface area contributed by atoms with Crippen LogP contribution in [-0.2, 0) is 0 Å². The van der Waals surface area contributed by atoms with Crippen LogP contribution in [0.4, 0.5) is 11.4 Å². The number of nitrogens with one attached hydrogen (secondary N) is 1. The Hall–Kier alpha value is -4.37. The van der Waals surface area contributed by atoms with Crippen molar-refractivity contribution in [3.8, 4) is 39.4 Å². The van der Waals surface area contributed by atoms with Crippen molar-refractivity contribution < 1.29 is 4.74 Å². The Balaban J connectivity index is 1.56. The van der Waals surface area contributed by atoms with Gasteiger partial charge in [0.25, 0.3) is 0 Å². The number of hydrogen-bond acceptors (Lipinski definition) is 3. The third-order valence-electron chi connectivity index (χ3n) is 5.56. The number of hydrogen-bond donors (Lipinski definition) is 1. The van der Waals surface area contributed by atoms with Gasteiger partial charge in [-0.2, -0.15) is 0 Å². The number of para-hydroxylation sites is 2. The zero-order valence-electron chi connectivity index (χ0n) is 18.4. The third-order valence-corrected chi connectivity index (χ3v) is 5.56. The van der Waals surface area contributed by atoms with E-state index in [4.69, 9.17) is 9.72 Å². The summed E-state index contributed by atoms with van der Waals surface area (Å²) in [6, 6.07) is 41.2. The number of nitrogens with zero attached hydrogens (tertiary/aromatic N) is 1. The quantitative estimate of drug-likeness (QED) is 0.299. The van der Waals surface area contributed by atoms with Crippen LogP contribution >= 0.6 is 0 Å². The first kappa shape index (κ1) is 20.5. The molecule has 5 rings (SSSR count). The van der Waals surface area contributed by atoms with Gasteiger partial charge in [0.2, 0.25) is 0 Å². The first-order chi connectivity index (χ1) is 16.3. The molecule has 0 aliphatic rings. The summed E-state index contributed by atoms with van der Waals surface area (Å²) in [7, 11) is 1.69. The highest BCUT2D eigenvalue weighted by Gasteiger charge is 2.12. The molecule has 0 aliphatic carbocycles. The number of ether oxygens (including phenoxy) is 1. The van der Waals surface area contributed by atoms with Crippen LogP contribution < -0.4 is 10.1 Å². The SMILES string of the molecule is COc1ccccc1-c1cc(-c2ccc(Nc3ccccc3)cc2)cc(-c2ccccc2)n1. The van der Waals surface area contributed by atoms with E-state index >= 15 is 0 Å². The second-order valence-electron chi connectivity index (χ2n) is 7.76. The third kappa shape index (κ3) is 4.63. The Morgan fingerprint density at radius 1 is 0.545 bits per heavy atom. The monoisotopic (exact) mass is 428 g/mol. The fourth-order valence-corrected chi connectivity index (χ4v) is 3.88. The fraction of sp³-hybridized carbons (Fsp3) is 0.0333. The smallest absolute Gasteiger partial charge is 0.128 e. The molecule has 0 saturated heterocycles. The molecule has 0 fully saturated rings. The molecular weight excluding hydrogens is 404 g/mol. The summed E-state index contributed by atoms with van der Waals surface area (Å²) in [4.78, 5) is 4.99. The molecule has 0 saturated carbocycles. The minimum atomic E-state index is 0.809. The van der Waals surface area contributed by atoms with E-state index in [9.17, 15) is 0 Å². The largest absolute Gasteiger partial charge is 0.496 e. The van der Waals surface area contributed by atoms with Gasteiger partial charge in [0, 0.05) is 22.5 Å². The molecule has 4 aromatic carbocycles. The molecule has 0 amide bonds. The lowest BCUT2D eigenvalue weighted by Gasteiger charge is -2.13. The number of aromatic nitrogens is 1. The molecule has 3 heteroatoms. The number of anilines is 2. The molecule has 3 nitrogen and oxygen atoms in total. The van der Waals surface area contributed by atoms with E-state index in [0.29, 0.717) is 0 Å². The van der Waals surface area contributed by atoms with Crippen LogP contribution in [0.1, 0.15) is 0 Å². The van der Waals surface area contributed by atoms with E-state index in [1.54, 1.807) is 7.11 Å². The topological polar surface area (TPSA) is 34.1 Å². The average Bonchev–Trinajstić information content (AvgIpc) is 2.90. The van der Waals surface area contributed by atoms with Crippen molar-refractivity contribution in [2.75, 3.05) is 12.4 Å². The molecule has 160 valence electrons. The molecule has 1 heterocycles. The Bertz CT molecular complexity index is 1350. The second-order valence-corrected chi connectivity index (χ2v) is 7.76. The van der Waals surface area contributed by atoms with Gasteiger partial charge in [0.1, 0.15) is 5.75 Å². The summed E-state index contributed by atoms with van der Waals surface area (Å²) in [6.07, 6.45) is 0. The molecule has 0 spiro atoms. The van der Waals surface area contributed by atoms with Crippen LogP contribution in [0, 0.1) is 0 Å². The minimum Gasteiger partial charge on any atom is -0.496 e. The van der Waals surface area contributed by atoms with Crippen LogP contribution in [0.5, 0.6) is 5.75 Å². The summed E-state index contributed by atoms with van der Waals surface area (Å²) in [5, 5.41) is 3.44. The van der Waals surface area contributed by atoms with Gasteiger partial charge in [0.05, 0.1) is 18.5 Å². The van der Waals surface area contributed by atoms with E-state index < -0.39 is 0 Å². The Labute approximate surface area is 194 Å². The van der Waals surface area contributed by atoms with Gasteiger partial charge in [-0.15, -0.1) is 0 Å². The molecule has 33 heavy (non-hydrogen) atoms. The molecule has 1 aromatic heterocycles. The highest BCUT2D eigenvalue weighted by atomic mass is 16.5. The minimum absolute atomic E-state index is 0.809. The van der Waals surface area contributed by atoms with Gasteiger partial charge in [-0.3, -0.25) is 0 Å². The summed E-state index contributed by atoms with van der Waals surface area (Å²) >= 11 is 0. The van der Waals surface area contributed by atoms with Crippen LogP contribution in [0.25, 0.3) is 33.6 Å². The number of benzene rings is 4. The van der Waals surface area contributed by atoms with E-state index in [1.807, 2.05) is 60.7 Å². The standard InChI is InChI=1S/C30H24N2O/c1-33-30-15-9-8-14-27(30)29-21-24(20-28(32-29)23-10-4-2-5-11-23)22-16-18-26(19-17-22)31-25-12-6-3-7-13-25/h2-21,31H,1H3. The maximum absolute atomic E-state index is 5.61. The van der Waals surface area contributed by atoms with Crippen LogP contribution in [0.3, 0.4) is 0 Å². The van der Waals surface area contributed by atoms with E-state index in [0.717, 1.165) is 50.8 Å². The molecule has 0 bridgehead atoms. The van der Waals surface area contributed by atoms with Crippen LogP contribution in [-0.4, -0.2) is 12.1 Å². The Kier molecular flexibility index (Phi) is 5.85. The van der Waals surface area contributed by atoms with Crippen molar-refractivity contribution in [2.24, 2.45) is 0 Å². The Morgan fingerprint density at radius 2 is 1.15 bits per heavy atom. The van der Waals surface area contributed by atoms with Gasteiger partial charge >= 0.3 is 0 Å². The summed E-state index contributed by atoms with van der Waals surface area (Å²) in [5.41, 5.74) is 8.22. The lowest BCUT2D eigenvalue weighted by atomic mass is 9.99. The predicted octanol–water partition coefficient (Wildman–Crippen LogP) is 7.83. The number of rotatable bonds is 6. The van der Waals surface area contributed by atoms with Crippen molar-refractivity contribution in [3.63, 3.8) is 0 Å². The van der Waals surface area contributed by atoms with Crippen molar-refractivity contribution >= 4 is 11.4 Å². The van der Waals surface area contributed by atoms with E-state index in [2.05, 4.69) is 66.0 Å². The molecule has 0 unspecified atom stereocenters. The van der Waals surface area contributed by atoms with Crippen molar-refractivity contribution in [2.45, 2.75) is 0 Å².